The summed E-state index contributed by atoms with van der Waals surface area (Å²) in [5, 5.41) is 2.51. The molecule has 7 nitrogen and oxygen atoms in total. The van der Waals surface area contributed by atoms with Gasteiger partial charge in [-0.05, 0) is 91.1 Å². The van der Waals surface area contributed by atoms with E-state index < -0.39 is 57.8 Å². The van der Waals surface area contributed by atoms with E-state index in [9.17, 15) is 39.6 Å². The lowest BCUT2D eigenvalue weighted by atomic mass is 9.70. The second kappa shape index (κ2) is 11.4. The van der Waals surface area contributed by atoms with E-state index in [1.807, 2.05) is 0 Å². The van der Waals surface area contributed by atoms with E-state index >= 15 is 0 Å². The van der Waals surface area contributed by atoms with Crippen LogP contribution < -0.4 is 14.4 Å². The number of nitrogens with one attached hydrogen (secondary N) is 1. The maximum Gasteiger partial charge on any atom is 0.573 e. The number of halogens is 6. The van der Waals surface area contributed by atoms with E-state index in [0.29, 0.717) is 24.1 Å². The fourth-order valence-electron chi connectivity index (χ4n) is 6.48. The summed E-state index contributed by atoms with van der Waals surface area (Å²) in [6.07, 6.45) is -5.68. The number of ether oxygens (including phenoxy) is 1. The van der Waals surface area contributed by atoms with Crippen molar-refractivity contribution in [2.75, 3.05) is 15.8 Å². The molecule has 1 atom stereocenters. The minimum Gasteiger partial charge on any atom is -0.406 e. The van der Waals surface area contributed by atoms with Crippen molar-refractivity contribution in [3.63, 3.8) is 0 Å². The summed E-state index contributed by atoms with van der Waals surface area (Å²) in [6, 6.07) is 10.3. The van der Waals surface area contributed by atoms with Gasteiger partial charge in [-0.25, -0.2) is 8.42 Å². The highest BCUT2D eigenvalue weighted by Gasteiger charge is 2.59. The van der Waals surface area contributed by atoms with Crippen LogP contribution in [0.15, 0.2) is 65.7 Å². The highest BCUT2D eigenvalue weighted by Crippen LogP contribution is 2.59. The highest BCUT2D eigenvalue weighted by atomic mass is 32.2. The number of hydrogen-bond donors (Lipinski definition) is 1. The number of anilines is 1. The number of amides is 1. The van der Waals surface area contributed by atoms with Crippen molar-refractivity contribution in [3.05, 3.63) is 83.2 Å². The van der Waals surface area contributed by atoms with Gasteiger partial charge in [-0.1, -0.05) is 6.07 Å². The molecule has 3 heterocycles. The van der Waals surface area contributed by atoms with E-state index in [-0.39, 0.29) is 22.1 Å². The summed E-state index contributed by atoms with van der Waals surface area (Å²) in [5.41, 5.74) is -0.853. The molecule has 1 saturated carbocycles. The van der Waals surface area contributed by atoms with Crippen molar-refractivity contribution >= 4 is 33.4 Å². The van der Waals surface area contributed by atoms with Crippen LogP contribution in [-0.4, -0.2) is 43.2 Å². The Kier molecular flexibility index (Phi) is 7.99. The average Bonchev–Trinajstić information content (AvgIpc) is 3.79. The van der Waals surface area contributed by atoms with E-state index in [2.05, 4.69) is 15.0 Å². The first kappa shape index (κ1) is 31.5. The Hall–Kier alpha value is -3.46. The fourth-order valence-corrected chi connectivity index (χ4v) is 9.54. The minimum atomic E-state index is -5.01. The Labute approximate surface area is 259 Å². The number of fused-ring (bicyclic) bond motifs is 2. The van der Waals surface area contributed by atoms with E-state index in [0.717, 1.165) is 48.6 Å². The van der Waals surface area contributed by atoms with Gasteiger partial charge >= 0.3 is 12.5 Å². The molecule has 1 saturated heterocycles. The number of benzene rings is 2. The molecular formula is C30H27F6N3O4S2. The molecule has 1 amide bonds. The molecule has 1 aromatic heterocycles. The number of alkyl halides is 6. The summed E-state index contributed by atoms with van der Waals surface area (Å²) in [6.45, 7) is -0.477. The van der Waals surface area contributed by atoms with Crippen LogP contribution in [0.5, 0.6) is 5.75 Å². The standard InChI is InChI=1S/C30H27F6N3O4S2/c31-29(32,33)22-5-2-12-37-24(22)17-38-27(40)19-8-9-25-23(15-19)28(10-13-44-14-11-28)26(18-6-7-18)39(25)45(41,42)21-4-1-3-20(16-21)43-30(34,35)36/h1-5,8-9,12,15-16,18,26H,6-7,10-11,13-14,17H2,(H,38,40). The quantitative estimate of drug-likeness (QED) is 0.282. The van der Waals surface area contributed by atoms with Crippen LogP contribution in [0.3, 0.4) is 0 Å². The molecular weight excluding hydrogens is 644 g/mol. The molecule has 0 bridgehead atoms. The van der Waals surface area contributed by atoms with Crippen molar-refractivity contribution in [1.29, 1.82) is 0 Å². The molecule has 240 valence electrons. The van der Waals surface area contributed by atoms with Gasteiger partial charge in [0, 0.05) is 23.2 Å². The van der Waals surface area contributed by atoms with Crippen LogP contribution in [-0.2, 0) is 28.2 Å². The van der Waals surface area contributed by atoms with Crippen molar-refractivity contribution in [2.24, 2.45) is 5.92 Å². The third-order valence-corrected chi connectivity index (χ3v) is 11.3. The maximum absolute atomic E-state index is 14.3. The summed E-state index contributed by atoms with van der Waals surface area (Å²) in [4.78, 5) is 16.7. The molecule has 45 heavy (non-hydrogen) atoms. The number of thioether (sulfide) groups is 1. The van der Waals surface area contributed by atoms with Gasteiger partial charge < -0.3 is 10.1 Å². The summed E-state index contributed by atoms with van der Waals surface area (Å²) < 4.78 is 113. The van der Waals surface area contributed by atoms with Gasteiger partial charge in [0.1, 0.15) is 5.75 Å². The molecule has 6 rings (SSSR count). The van der Waals surface area contributed by atoms with Crippen molar-refractivity contribution in [1.82, 2.24) is 10.3 Å². The first-order valence-electron chi connectivity index (χ1n) is 14.1. The highest BCUT2D eigenvalue weighted by molar-refractivity contribution is 7.99. The molecule has 3 aromatic rings. The zero-order valence-electron chi connectivity index (χ0n) is 23.5. The van der Waals surface area contributed by atoms with Crippen LogP contribution in [0.4, 0.5) is 32.0 Å². The van der Waals surface area contributed by atoms with Gasteiger partial charge in [0.05, 0.1) is 34.4 Å². The Bertz CT molecular complexity index is 1720. The number of carbonyl (C=O) groups excluding carboxylic acids is 1. The molecule has 3 aliphatic rings. The fraction of sp³-hybridized carbons (Fsp3) is 0.400. The molecule has 1 N–H and O–H groups in total. The molecule has 1 aliphatic carbocycles. The molecule has 15 heteroatoms. The third-order valence-electron chi connectivity index (χ3n) is 8.51. The normalized spacial score (nSPS) is 19.8. The van der Waals surface area contributed by atoms with Crippen molar-refractivity contribution in [3.8, 4) is 5.75 Å². The lowest BCUT2D eigenvalue weighted by Crippen LogP contribution is -2.50. The maximum atomic E-state index is 14.3. The van der Waals surface area contributed by atoms with Crippen LogP contribution in [0, 0.1) is 5.92 Å². The molecule has 1 unspecified atom stereocenters. The summed E-state index contributed by atoms with van der Waals surface area (Å²) in [7, 11) is -4.39. The number of hydrogen-bond acceptors (Lipinski definition) is 6. The van der Waals surface area contributed by atoms with E-state index in [1.165, 1.54) is 34.8 Å². The van der Waals surface area contributed by atoms with Crippen molar-refractivity contribution < 1.29 is 44.3 Å². The van der Waals surface area contributed by atoms with Gasteiger partial charge in [-0.15, -0.1) is 13.2 Å². The lowest BCUT2D eigenvalue weighted by molar-refractivity contribution is -0.274. The first-order valence-corrected chi connectivity index (χ1v) is 16.7. The van der Waals surface area contributed by atoms with Crippen LogP contribution in [0.1, 0.15) is 52.9 Å². The largest absolute Gasteiger partial charge is 0.573 e. The summed E-state index contributed by atoms with van der Waals surface area (Å²) >= 11 is 1.73. The summed E-state index contributed by atoms with van der Waals surface area (Å²) in [5.74, 6) is 0.164. The van der Waals surface area contributed by atoms with Crippen molar-refractivity contribution in [2.45, 2.75) is 61.1 Å². The lowest BCUT2D eigenvalue weighted by Gasteiger charge is -2.41. The Morgan fingerprint density at radius 2 is 1.76 bits per heavy atom. The van der Waals surface area contributed by atoms with Gasteiger partial charge in [0.25, 0.3) is 15.9 Å². The zero-order chi connectivity index (χ0) is 32.2. The molecule has 2 aliphatic heterocycles. The Balaban J connectivity index is 1.38. The van der Waals surface area contributed by atoms with Crippen LogP contribution >= 0.6 is 11.8 Å². The Morgan fingerprint density at radius 3 is 2.42 bits per heavy atom. The smallest absolute Gasteiger partial charge is 0.406 e. The monoisotopic (exact) mass is 671 g/mol. The second-order valence-corrected chi connectivity index (χ2v) is 14.3. The number of aromatic nitrogens is 1. The van der Waals surface area contributed by atoms with Crippen LogP contribution in [0.25, 0.3) is 0 Å². The van der Waals surface area contributed by atoms with E-state index in [4.69, 9.17) is 0 Å². The van der Waals surface area contributed by atoms with E-state index in [1.54, 1.807) is 17.8 Å². The predicted molar refractivity (Wildman–Crippen MR) is 154 cm³/mol. The molecule has 2 aromatic carbocycles. The average molecular weight is 672 g/mol. The molecule has 1 spiro atoms. The number of rotatable bonds is 7. The SMILES string of the molecule is O=C(NCc1ncccc1C(F)(F)F)c1ccc2c(c1)C1(CCSCC1)C(C1CC1)N2S(=O)(=O)c1cccc(OC(F)(F)F)c1. The first-order chi connectivity index (χ1) is 21.2. The Morgan fingerprint density at radius 1 is 1.02 bits per heavy atom. The predicted octanol–water partition coefficient (Wildman–Crippen LogP) is 6.68. The number of nitrogens with zero attached hydrogens (tertiary/aromatic N) is 2. The topological polar surface area (TPSA) is 88.6 Å². The number of carbonyl (C=O) groups is 1. The van der Waals surface area contributed by atoms with Gasteiger partial charge in [-0.3, -0.25) is 14.1 Å². The number of sulfonamides is 1. The number of pyridine rings is 1. The second-order valence-electron chi connectivity index (χ2n) is 11.3. The third kappa shape index (κ3) is 6.08. The van der Waals surface area contributed by atoms with Gasteiger partial charge in [-0.2, -0.15) is 24.9 Å². The minimum absolute atomic E-state index is 0.00658. The van der Waals surface area contributed by atoms with Gasteiger partial charge in [0.2, 0.25) is 0 Å². The van der Waals surface area contributed by atoms with Crippen LogP contribution in [0.2, 0.25) is 0 Å². The molecule has 2 fully saturated rings. The zero-order valence-corrected chi connectivity index (χ0v) is 25.1. The molecule has 0 radical (unpaired) electrons. The van der Waals surface area contributed by atoms with Gasteiger partial charge in [0.15, 0.2) is 0 Å².